The standard InChI is InChI=1S/C28H30Cl2N2O3/c1-19(2)22-10-12-23(13-11-22)35-18-27(33)32(17-21-9-14-24(29)25(30)15-21)26(28(34)31-3)16-20-7-5-4-6-8-20/h4-15,19,26H,16-18H2,1-3H3,(H,31,34). The van der Waals surface area contributed by atoms with Crippen LogP contribution >= 0.6 is 23.2 Å². The lowest BCUT2D eigenvalue weighted by atomic mass is 10.0. The number of halogens is 2. The van der Waals surface area contributed by atoms with Crippen molar-refractivity contribution in [2.24, 2.45) is 0 Å². The van der Waals surface area contributed by atoms with Gasteiger partial charge in [-0.1, -0.05) is 85.6 Å². The first-order valence-electron chi connectivity index (χ1n) is 11.5. The normalized spacial score (nSPS) is 11.7. The molecule has 0 saturated heterocycles. The summed E-state index contributed by atoms with van der Waals surface area (Å²) in [6.45, 7) is 4.21. The van der Waals surface area contributed by atoms with Crippen molar-refractivity contribution in [2.45, 2.75) is 38.8 Å². The van der Waals surface area contributed by atoms with Gasteiger partial charge in [-0.25, -0.2) is 0 Å². The summed E-state index contributed by atoms with van der Waals surface area (Å²) in [5, 5.41) is 3.51. The fourth-order valence-electron chi connectivity index (χ4n) is 3.73. The van der Waals surface area contributed by atoms with E-state index in [0.717, 1.165) is 11.1 Å². The highest BCUT2D eigenvalue weighted by Crippen LogP contribution is 2.25. The maximum Gasteiger partial charge on any atom is 0.261 e. The number of benzene rings is 3. The topological polar surface area (TPSA) is 58.6 Å². The molecule has 0 saturated carbocycles. The van der Waals surface area contributed by atoms with Crippen molar-refractivity contribution in [1.29, 1.82) is 0 Å². The van der Waals surface area contributed by atoms with E-state index in [1.54, 1.807) is 25.2 Å². The molecule has 0 aliphatic heterocycles. The minimum Gasteiger partial charge on any atom is -0.484 e. The Hall–Kier alpha value is -3.02. The van der Waals surface area contributed by atoms with Gasteiger partial charge in [0.2, 0.25) is 5.91 Å². The highest BCUT2D eigenvalue weighted by Gasteiger charge is 2.30. The quantitative estimate of drug-likeness (QED) is 0.368. The van der Waals surface area contributed by atoms with Crippen LogP contribution in [0.2, 0.25) is 10.0 Å². The average Bonchev–Trinajstić information content (AvgIpc) is 2.87. The predicted molar refractivity (Wildman–Crippen MR) is 141 cm³/mol. The highest BCUT2D eigenvalue weighted by molar-refractivity contribution is 6.42. The molecule has 1 unspecified atom stereocenters. The van der Waals surface area contributed by atoms with Crippen LogP contribution < -0.4 is 10.1 Å². The Morgan fingerprint density at radius 2 is 1.60 bits per heavy atom. The van der Waals surface area contributed by atoms with Crippen molar-refractivity contribution in [2.75, 3.05) is 13.7 Å². The third kappa shape index (κ3) is 7.48. The molecule has 35 heavy (non-hydrogen) atoms. The molecule has 0 heterocycles. The zero-order chi connectivity index (χ0) is 25.4. The second kappa shape index (κ2) is 12.6. The van der Waals surface area contributed by atoms with Gasteiger partial charge in [0.15, 0.2) is 6.61 Å². The number of rotatable bonds is 10. The molecular weight excluding hydrogens is 483 g/mol. The van der Waals surface area contributed by atoms with Crippen molar-refractivity contribution in [3.63, 3.8) is 0 Å². The lowest BCUT2D eigenvalue weighted by Crippen LogP contribution is -2.51. The minimum absolute atomic E-state index is 0.177. The first-order chi connectivity index (χ1) is 16.8. The van der Waals surface area contributed by atoms with Crippen LogP contribution in [-0.2, 0) is 22.6 Å². The third-order valence-electron chi connectivity index (χ3n) is 5.76. The van der Waals surface area contributed by atoms with E-state index in [2.05, 4.69) is 19.2 Å². The molecule has 1 N–H and O–H groups in total. The van der Waals surface area contributed by atoms with Gasteiger partial charge >= 0.3 is 0 Å². The van der Waals surface area contributed by atoms with Gasteiger partial charge in [0, 0.05) is 20.0 Å². The lowest BCUT2D eigenvalue weighted by molar-refractivity contribution is -0.142. The zero-order valence-electron chi connectivity index (χ0n) is 20.1. The summed E-state index contributed by atoms with van der Waals surface area (Å²) >= 11 is 12.3. The SMILES string of the molecule is CNC(=O)C(Cc1ccccc1)N(Cc1ccc(Cl)c(Cl)c1)C(=O)COc1ccc(C(C)C)cc1. The van der Waals surface area contributed by atoms with Crippen molar-refractivity contribution in [1.82, 2.24) is 10.2 Å². The molecule has 7 heteroatoms. The summed E-state index contributed by atoms with van der Waals surface area (Å²) in [6.07, 6.45) is 0.358. The summed E-state index contributed by atoms with van der Waals surface area (Å²) in [5.74, 6) is 0.424. The van der Waals surface area contributed by atoms with E-state index in [4.69, 9.17) is 27.9 Å². The van der Waals surface area contributed by atoms with Gasteiger partial charge in [0.25, 0.3) is 5.91 Å². The van der Waals surface area contributed by atoms with Crippen molar-refractivity contribution in [3.05, 3.63) is 99.5 Å². The second-order valence-corrected chi connectivity index (χ2v) is 9.42. The van der Waals surface area contributed by atoms with E-state index in [-0.39, 0.29) is 25.0 Å². The lowest BCUT2D eigenvalue weighted by Gasteiger charge is -2.31. The molecule has 0 aliphatic carbocycles. The van der Waals surface area contributed by atoms with E-state index in [1.807, 2.05) is 54.6 Å². The summed E-state index contributed by atoms with van der Waals surface area (Å²) in [6, 6.07) is 21.7. The molecule has 2 amide bonds. The molecule has 3 aromatic rings. The van der Waals surface area contributed by atoms with E-state index in [0.29, 0.717) is 28.1 Å². The predicted octanol–water partition coefficient (Wildman–Crippen LogP) is 5.88. The maximum absolute atomic E-state index is 13.5. The Morgan fingerprint density at radius 3 is 2.20 bits per heavy atom. The molecule has 0 fully saturated rings. The zero-order valence-corrected chi connectivity index (χ0v) is 21.6. The van der Waals surface area contributed by atoms with Gasteiger partial charge in [-0.05, 0) is 46.9 Å². The average molecular weight is 513 g/mol. The molecule has 0 aliphatic rings. The molecule has 0 aromatic heterocycles. The molecule has 3 rings (SSSR count). The molecule has 0 radical (unpaired) electrons. The largest absolute Gasteiger partial charge is 0.484 e. The van der Waals surface area contributed by atoms with Crippen LogP contribution in [0, 0.1) is 0 Å². The van der Waals surface area contributed by atoms with Crippen LogP contribution in [-0.4, -0.2) is 36.4 Å². The van der Waals surface area contributed by atoms with Crippen LogP contribution in [0.4, 0.5) is 0 Å². The molecule has 1 atom stereocenters. The summed E-state index contributed by atoms with van der Waals surface area (Å²) < 4.78 is 5.81. The number of carbonyl (C=O) groups is 2. The van der Waals surface area contributed by atoms with Crippen LogP contribution in [0.3, 0.4) is 0 Å². The van der Waals surface area contributed by atoms with Crippen LogP contribution in [0.5, 0.6) is 5.75 Å². The van der Waals surface area contributed by atoms with Gasteiger partial charge in [-0.2, -0.15) is 0 Å². The number of likely N-dealkylation sites (N-methyl/N-ethyl adjacent to an activating group) is 1. The first-order valence-corrected chi connectivity index (χ1v) is 12.3. The number of carbonyl (C=O) groups excluding carboxylic acids is 2. The summed E-state index contributed by atoms with van der Waals surface area (Å²) in [7, 11) is 1.56. The molecule has 0 spiro atoms. The fourth-order valence-corrected chi connectivity index (χ4v) is 4.05. The molecule has 5 nitrogen and oxygen atoms in total. The minimum atomic E-state index is -0.740. The number of hydrogen-bond donors (Lipinski definition) is 1. The monoisotopic (exact) mass is 512 g/mol. The maximum atomic E-state index is 13.5. The van der Waals surface area contributed by atoms with E-state index in [1.165, 1.54) is 10.5 Å². The van der Waals surface area contributed by atoms with E-state index in [9.17, 15) is 9.59 Å². The number of hydrogen-bond acceptors (Lipinski definition) is 3. The first kappa shape index (κ1) is 26.6. The number of ether oxygens (including phenoxy) is 1. The van der Waals surface area contributed by atoms with Crippen molar-refractivity contribution < 1.29 is 14.3 Å². The Morgan fingerprint density at radius 1 is 0.914 bits per heavy atom. The van der Waals surface area contributed by atoms with Gasteiger partial charge < -0.3 is 15.0 Å². The third-order valence-corrected chi connectivity index (χ3v) is 6.50. The number of nitrogens with one attached hydrogen (secondary N) is 1. The van der Waals surface area contributed by atoms with Crippen LogP contribution in [0.25, 0.3) is 0 Å². The summed E-state index contributed by atoms with van der Waals surface area (Å²) in [4.78, 5) is 28.0. The molecule has 184 valence electrons. The second-order valence-electron chi connectivity index (χ2n) is 8.60. The van der Waals surface area contributed by atoms with E-state index < -0.39 is 6.04 Å². The Balaban J connectivity index is 1.86. The van der Waals surface area contributed by atoms with Gasteiger partial charge in [-0.15, -0.1) is 0 Å². The summed E-state index contributed by atoms with van der Waals surface area (Å²) in [5.41, 5.74) is 2.89. The number of nitrogens with zero attached hydrogens (tertiary/aromatic N) is 1. The Kier molecular flexibility index (Phi) is 9.58. The molecule has 0 bridgehead atoms. The molecular formula is C28H30Cl2N2O3. The van der Waals surface area contributed by atoms with Crippen molar-refractivity contribution >= 4 is 35.0 Å². The fraction of sp³-hybridized carbons (Fsp3) is 0.286. The van der Waals surface area contributed by atoms with Gasteiger partial charge in [0.1, 0.15) is 11.8 Å². The Bertz CT molecular complexity index is 1130. The van der Waals surface area contributed by atoms with Crippen molar-refractivity contribution in [3.8, 4) is 5.75 Å². The smallest absolute Gasteiger partial charge is 0.261 e. The van der Waals surface area contributed by atoms with Gasteiger partial charge in [-0.3, -0.25) is 9.59 Å². The van der Waals surface area contributed by atoms with E-state index >= 15 is 0 Å². The number of amides is 2. The Labute approximate surface area is 217 Å². The van der Waals surface area contributed by atoms with Gasteiger partial charge in [0.05, 0.1) is 10.0 Å². The van der Waals surface area contributed by atoms with Crippen LogP contribution in [0.1, 0.15) is 36.5 Å². The highest BCUT2D eigenvalue weighted by atomic mass is 35.5. The van der Waals surface area contributed by atoms with Crippen LogP contribution in [0.15, 0.2) is 72.8 Å². The molecule has 3 aromatic carbocycles.